The predicted molar refractivity (Wildman–Crippen MR) is 80.9 cm³/mol. The molecule has 0 unspecified atom stereocenters. The van der Waals surface area contributed by atoms with Crippen molar-refractivity contribution >= 4 is 16.6 Å². The summed E-state index contributed by atoms with van der Waals surface area (Å²) >= 11 is 0. The Morgan fingerprint density at radius 3 is 2.90 bits per heavy atom. The molecule has 4 heteroatoms. The van der Waals surface area contributed by atoms with Crippen LogP contribution >= 0.6 is 0 Å². The lowest BCUT2D eigenvalue weighted by atomic mass is 9.98. The Bertz CT molecular complexity index is 547. The second-order valence-corrected chi connectivity index (χ2v) is 5.33. The predicted octanol–water partition coefficient (Wildman–Crippen LogP) is 3.39. The Morgan fingerprint density at radius 1 is 1.15 bits per heavy atom. The Kier molecular flexibility index (Phi) is 4.43. The quantitative estimate of drug-likeness (QED) is 0.847. The van der Waals surface area contributed by atoms with Gasteiger partial charge in [-0.1, -0.05) is 37.5 Å². The fourth-order valence-electron chi connectivity index (χ4n) is 2.79. The Balaban J connectivity index is 1.52. The van der Waals surface area contributed by atoms with Gasteiger partial charge in [0.2, 0.25) is 0 Å². The van der Waals surface area contributed by atoms with E-state index in [2.05, 4.69) is 21.6 Å². The molecule has 1 aromatic carbocycles. The number of fused-ring (bicyclic) bond motifs is 1. The molecule has 0 radical (unpaired) electrons. The van der Waals surface area contributed by atoms with E-state index in [-0.39, 0.29) is 0 Å². The zero-order valence-electron chi connectivity index (χ0n) is 11.7. The van der Waals surface area contributed by atoms with Crippen molar-refractivity contribution in [2.45, 2.75) is 38.2 Å². The summed E-state index contributed by atoms with van der Waals surface area (Å²) in [6.07, 6.45) is 8.70. The van der Waals surface area contributed by atoms with Crippen molar-refractivity contribution in [2.75, 3.05) is 18.5 Å². The van der Waals surface area contributed by atoms with Crippen molar-refractivity contribution in [1.29, 1.82) is 0 Å². The van der Waals surface area contributed by atoms with E-state index in [1.165, 1.54) is 32.1 Å². The molecule has 0 spiro atoms. The Morgan fingerprint density at radius 2 is 2.00 bits per heavy atom. The highest BCUT2D eigenvalue weighted by Gasteiger charge is 2.13. The summed E-state index contributed by atoms with van der Waals surface area (Å²) in [6, 6.07) is 8.04. The number of nitrogens with zero attached hydrogens (tertiary/aromatic N) is 2. The summed E-state index contributed by atoms with van der Waals surface area (Å²) in [4.78, 5) is 0. The molecule has 1 aromatic heterocycles. The Hall–Kier alpha value is -1.68. The van der Waals surface area contributed by atoms with Gasteiger partial charge in [-0.15, -0.1) is 0 Å². The zero-order chi connectivity index (χ0) is 13.6. The number of rotatable bonds is 5. The third kappa shape index (κ3) is 3.25. The van der Waals surface area contributed by atoms with Crippen LogP contribution in [0.15, 0.2) is 30.5 Å². The van der Waals surface area contributed by atoms with E-state index in [0.717, 1.165) is 29.7 Å². The van der Waals surface area contributed by atoms with Gasteiger partial charge in [-0.05, 0) is 18.9 Å². The van der Waals surface area contributed by atoms with Gasteiger partial charge in [0.05, 0.1) is 30.1 Å². The average molecular weight is 271 g/mol. The first-order chi connectivity index (χ1) is 9.93. The molecule has 4 nitrogen and oxygen atoms in total. The van der Waals surface area contributed by atoms with Crippen LogP contribution in [0, 0.1) is 0 Å². The van der Waals surface area contributed by atoms with E-state index in [0.29, 0.717) is 6.10 Å². The standard InChI is InChI=1S/C16H21N3O/c1-2-6-13(7-3-1)20-11-10-17-16-12-18-19-15-9-5-4-8-14(15)16/h4-5,8-9,12-13H,1-3,6-7,10-11H2,(H,17,19). The second-order valence-electron chi connectivity index (χ2n) is 5.33. The van der Waals surface area contributed by atoms with E-state index in [9.17, 15) is 0 Å². The van der Waals surface area contributed by atoms with Gasteiger partial charge < -0.3 is 10.1 Å². The molecule has 20 heavy (non-hydrogen) atoms. The number of hydrogen-bond acceptors (Lipinski definition) is 4. The maximum Gasteiger partial charge on any atom is 0.0950 e. The van der Waals surface area contributed by atoms with Crippen LogP contribution in [-0.2, 0) is 4.74 Å². The van der Waals surface area contributed by atoms with Crippen LogP contribution in [0.4, 0.5) is 5.69 Å². The van der Waals surface area contributed by atoms with Crippen molar-refractivity contribution in [3.8, 4) is 0 Å². The van der Waals surface area contributed by atoms with Crippen LogP contribution in [-0.4, -0.2) is 29.5 Å². The highest BCUT2D eigenvalue weighted by molar-refractivity contribution is 5.90. The number of nitrogens with one attached hydrogen (secondary N) is 1. The molecule has 0 bridgehead atoms. The number of hydrogen-bond donors (Lipinski definition) is 1. The van der Waals surface area contributed by atoms with Crippen molar-refractivity contribution < 1.29 is 4.74 Å². The number of ether oxygens (including phenoxy) is 1. The monoisotopic (exact) mass is 271 g/mol. The van der Waals surface area contributed by atoms with Gasteiger partial charge in [0.15, 0.2) is 0 Å². The van der Waals surface area contributed by atoms with Gasteiger partial charge in [0.25, 0.3) is 0 Å². The number of benzene rings is 1. The molecule has 1 aliphatic rings. The van der Waals surface area contributed by atoms with E-state index < -0.39 is 0 Å². The van der Waals surface area contributed by atoms with Crippen LogP contribution < -0.4 is 5.32 Å². The van der Waals surface area contributed by atoms with Crippen molar-refractivity contribution in [3.05, 3.63) is 30.5 Å². The van der Waals surface area contributed by atoms with Gasteiger partial charge >= 0.3 is 0 Å². The summed E-state index contributed by atoms with van der Waals surface area (Å²) in [6.45, 7) is 1.56. The van der Waals surface area contributed by atoms with Crippen LogP contribution in [0.3, 0.4) is 0 Å². The van der Waals surface area contributed by atoms with E-state index in [1.807, 2.05) is 18.2 Å². The summed E-state index contributed by atoms with van der Waals surface area (Å²) in [5.74, 6) is 0. The van der Waals surface area contributed by atoms with Crippen molar-refractivity contribution in [3.63, 3.8) is 0 Å². The van der Waals surface area contributed by atoms with Crippen LogP contribution in [0.25, 0.3) is 10.9 Å². The lowest BCUT2D eigenvalue weighted by Crippen LogP contribution is -2.20. The Labute approximate surface area is 119 Å². The van der Waals surface area contributed by atoms with Crippen molar-refractivity contribution in [2.24, 2.45) is 0 Å². The third-order valence-electron chi connectivity index (χ3n) is 3.87. The molecule has 2 aromatic rings. The molecule has 0 saturated heterocycles. The average Bonchev–Trinajstić information content (AvgIpc) is 2.53. The molecule has 3 rings (SSSR count). The van der Waals surface area contributed by atoms with E-state index in [1.54, 1.807) is 6.20 Å². The third-order valence-corrected chi connectivity index (χ3v) is 3.87. The summed E-state index contributed by atoms with van der Waals surface area (Å²) in [7, 11) is 0. The first kappa shape index (κ1) is 13.3. The van der Waals surface area contributed by atoms with E-state index >= 15 is 0 Å². The zero-order valence-corrected chi connectivity index (χ0v) is 11.7. The molecule has 0 amide bonds. The molecule has 0 atom stereocenters. The van der Waals surface area contributed by atoms with Crippen LogP contribution in [0.2, 0.25) is 0 Å². The number of anilines is 1. The fourth-order valence-corrected chi connectivity index (χ4v) is 2.79. The minimum Gasteiger partial charge on any atom is -0.381 e. The molecule has 1 N–H and O–H groups in total. The SMILES string of the molecule is c1ccc2c(NCCOC3CCCCC3)cnnc2c1. The molecular formula is C16H21N3O. The molecule has 1 fully saturated rings. The maximum atomic E-state index is 5.92. The minimum absolute atomic E-state index is 0.470. The topological polar surface area (TPSA) is 47.0 Å². The van der Waals surface area contributed by atoms with Crippen molar-refractivity contribution in [1.82, 2.24) is 10.2 Å². The van der Waals surface area contributed by atoms with Crippen LogP contribution in [0.1, 0.15) is 32.1 Å². The molecular weight excluding hydrogens is 250 g/mol. The maximum absolute atomic E-state index is 5.92. The molecule has 106 valence electrons. The normalized spacial score (nSPS) is 16.4. The first-order valence-electron chi connectivity index (χ1n) is 7.49. The molecule has 0 aliphatic heterocycles. The smallest absolute Gasteiger partial charge is 0.0950 e. The van der Waals surface area contributed by atoms with Gasteiger partial charge in [0.1, 0.15) is 0 Å². The molecule has 1 aliphatic carbocycles. The first-order valence-corrected chi connectivity index (χ1v) is 7.49. The van der Waals surface area contributed by atoms with E-state index in [4.69, 9.17) is 4.74 Å². The van der Waals surface area contributed by atoms with Gasteiger partial charge in [-0.25, -0.2) is 0 Å². The van der Waals surface area contributed by atoms with Crippen LogP contribution in [0.5, 0.6) is 0 Å². The molecule has 1 heterocycles. The summed E-state index contributed by atoms with van der Waals surface area (Å²) in [5, 5.41) is 12.7. The lowest BCUT2D eigenvalue weighted by molar-refractivity contribution is 0.0347. The highest BCUT2D eigenvalue weighted by Crippen LogP contribution is 2.21. The largest absolute Gasteiger partial charge is 0.381 e. The minimum atomic E-state index is 0.470. The lowest BCUT2D eigenvalue weighted by Gasteiger charge is -2.22. The molecule has 1 saturated carbocycles. The second kappa shape index (κ2) is 6.66. The fraction of sp³-hybridized carbons (Fsp3) is 0.500. The summed E-state index contributed by atoms with van der Waals surface area (Å²) < 4.78 is 5.92. The van der Waals surface area contributed by atoms with Gasteiger partial charge in [0, 0.05) is 11.9 Å². The summed E-state index contributed by atoms with van der Waals surface area (Å²) in [5.41, 5.74) is 1.95. The van der Waals surface area contributed by atoms with Gasteiger partial charge in [-0.2, -0.15) is 10.2 Å². The number of aromatic nitrogens is 2. The van der Waals surface area contributed by atoms with Gasteiger partial charge in [-0.3, -0.25) is 0 Å². The highest BCUT2D eigenvalue weighted by atomic mass is 16.5.